The van der Waals surface area contributed by atoms with Crippen LogP contribution in [0, 0.1) is 11.6 Å². The van der Waals surface area contributed by atoms with Crippen LogP contribution in [0.3, 0.4) is 0 Å². The van der Waals surface area contributed by atoms with E-state index in [4.69, 9.17) is 0 Å². The standard InChI is InChI=1S/C18H12F2N2O2S/c19-11-6-7-15(20)14(9-11)17(23)21-12-3-1-4-13(10-12)22-18(24)16-5-2-8-25-16/h1-10H,(H,21,23)(H,22,24). The van der Waals surface area contributed by atoms with Gasteiger partial charge >= 0.3 is 0 Å². The third-order valence-electron chi connectivity index (χ3n) is 3.30. The molecule has 0 aliphatic rings. The smallest absolute Gasteiger partial charge is 0.265 e. The highest BCUT2D eigenvalue weighted by Gasteiger charge is 2.13. The van der Waals surface area contributed by atoms with Gasteiger partial charge in [0, 0.05) is 11.4 Å². The molecule has 2 aromatic carbocycles. The van der Waals surface area contributed by atoms with Crippen molar-refractivity contribution in [3.63, 3.8) is 0 Å². The van der Waals surface area contributed by atoms with Crippen LogP contribution in [0.1, 0.15) is 20.0 Å². The van der Waals surface area contributed by atoms with E-state index in [1.807, 2.05) is 0 Å². The summed E-state index contributed by atoms with van der Waals surface area (Å²) in [6.45, 7) is 0. The number of halogens is 2. The zero-order valence-electron chi connectivity index (χ0n) is 12.8. The third kappa shape index (κ3) is 4.07. The number of hydrogen-bond donors (Lipinski definition) is 2. The molecule has 126 valence electrons. The number of rotatable bonds is 4. The summed E-state index contributed by atoms with van der Waals surface area (Å²) in [6, 6.07) is 12.5. The number of benzene rings is 2. The lowest BCUT2D eigenvalue weighted by atomic mass is 10.2. The summed E-state index contributed by atoms with van der Waals surface area (Å²) in [4.78, 5) is 24.7. The van der Waals surface area contributed by atoms with Crippen molar-refractivity contribution in [3.8, 4) is 0 Å². The molecule has 0 aliphatic heterocycles. The van der Waals surface area contributed by atoms with Crippen LogP contribution < -0.4 is 10.6 Å². The Labute approximate surface area is 146 Å². The van der Waals surface area contributed by atoms with Gasteiger partial charge in [-0.1, -0.05) is 12.1 Å². The molecule has 0 unspecified atom stereocenters. The van der Waals surface area contributed by atoms with Crippen LogP contribution >= 0.6 is 11.3 Å². The summed E-state index contributed by atoms with van der Waals surface area (Å²) < 4.78 is 26.8. The maximum absolute atomic E-state index is 13.6. The minimum atomic E-state index is -0.818. The summed E-state index contributed by atoms with van der Waals surface area (Å²) in [5, 5.41) is 6.98. The molecule has 0 bridgehead atoms. The lowest BCUT2D eigenvalue weighted by Gasteiger charge is -2.09. The quantitative estimate of drug-likeness (QED) is 0.720. The predicted octanol–water partition coefficient (Wildman–Crippen LogP) is 4.53. The second-order valence-electron chi connectivity index (χ2n) is 5.09. The summed E-state index contributed by atoms with van der Waals surface area (Å²) in [5.41, 5.74) is 0.418. The monoisotopic (exact) mass is 358 g/mol. The minimum Gasteiger partial charge on any atom is -0.322 e. The molecule has 1 heterocycles. The van der Waals surface area contributed by atoms with E-state index >= 15 is 0 Å². The highest BCUT2D eigenvalue weighted by Crippen LogP contribution is 2.19. The van der Waals surface area contributed by atoms with Crippen molar-refractivity contribution >= 4 is 34.5 Å². The number of amides is 2. The molecule has 3 aromatic rings. The molecular weight excluding hydrogens is 346 g/mol. The van der Waals surface area contributed by atoms with E-state index in [0.29, 0.717) is 16.3 Å². The van der Waals surface area contributed by atoms with Gasteiger partial charge in [0.1, 0.15) is 11.6 Å². The fourth-order valence-electron chi connectivity index (χ4n) is 2.15. The summed E-state index contributed by atoms with van der Waals surface area (Å²) >= 11 is 1.31. The van der Waals surface area contributed by atoms with E-state index in [-0.39, 0.29) is 5.91 Å². The minimum absolute atomic E-state index is 0.269. The van der Waals surface area contributed by atoms with Gasteiger partial charge in [-0.2, -0.15) is 0 Å². The van der Waals surface area contributed by atoms with E-state index in [0.717, 1.165) is 18.2 Å². The third-order valence-corrected chi connectivity index (χ3v) is 4.16. The van der Waals surface area contributed by atoms with Gasteiger partial charge in [0.15, 0.2) is 0 Å². The van der Waals surface area contributed by atoms with E-state index < -0.39 is 23.1 Å². The van der Waals surface area contributed by atoms with Gasteiger partial charge in [-0.25, -0.2) is 8.78 Å². The van der Waals surface area contributed by atoms with Crippen LogP contribution in [0.5, 0.6) is 0 Å². The zero-order chi connectivity index (χ0) is 17.8. The average Bonchev–Trinajstić information content (AvgIpc) is 3.12. The zero-order valence-corrected chi connectivity index (χ0v) is 13.6. The highest BCUT2D eigenvalue weighted by atomic mass is 32.1. The molecule has 0 fully saturated rings. The van der Waals surface area contributed by atoms with Crippen molar-refractivity contribution in [2.45, 2.75) is 0 Å². The maximum Gasteiger partial charge on any atom is 0.265 e. The summed E-state index contributed by atoms with van der Waals surface area (Å²) in [7, 11) is 0. The first-order chi connectivity index (χ1) is 12.0. The van der Waals surface area contributed by atoms with Crippen molar-refractivity contribution in [3.05, 3.63) is 82.1 Å². The Morgan fingerprint density at radius 1 is 0.840 bits per heavy atom. The van der Waals surface area contributed by atoms with E-state index in [1.54, 1.807) is 35.7 Å². The second kappa shape index (κ2) is 7.23. The van der Waals surface area contributed by atoms with Gasteiger partial charge in [0.05, 0.1) is 10.4 Å². The molecular formula is C18H12F2N2O2S. The Balaban J connectivity index is 1.74. The number of anilines is 2. The second-order valence-corrected chi connectivity index (χ2v) is 6.04. The van der Waals surface area contributed by atoms with E-state index in [1.165, 1.54) is 17.4 Å². The molecule has 3 rings (SSSR count). The van der Waals surface area contributed by atoms with Crippen LogP contribution in [-0.4, -0.2) is 11.8 Å². The van der Waals surface area contributed by atoms with Crippen molar-refractivity contribution in [1.29, 1.82) is 0 Å². The van der Waals surface area contributed by atoms with Crippen LogP contribution in [0.4, 0.5) is 20.2 Å². The average molecular weight is 358 g/mol. The molecule has 4 nitrogen and oxygen atoms in total. The van der Waals surface area contributed by atoms with Crippen LogP contribution in [0.25, 0.3) is 0 Å². The highest BCUT2D eigenvalue weighted by molar-refractivity contribution is 7.12. The molecule has 2 amide bonds. The fourth-order valence-corrected chi connectivity index (χ4v) is 2.76. The topological polar surface area (TPSA) is 58.2 Å². The first-order valence-corrected chi connectivity index (χ1v) is 8.12. The van der Waals surface area contributed by atoms with E-state index in [2.05, 4.69) is 10.6 Å². The summed E-state index contributed by atoms with van der Waals surface area (Å²) in [5.74, 6) is -2.57. The molecule has 2 N–H and O–H groups in total. The molecule has 0 saturated carbocycles. The molecule has 7 heteroatoms. The van der Waals surface area contributed by atoms with Gasteiger partial charge in [0.25, 0.3) is 11.8 Å². The van der Waals surface area contributed by atoms with Crippen molar-refractivity contribution in [1.82, 2.24) is 0 Å². The number of hydrogen-bond acceptors (Lipinski definition) is 3. The normalized spacial score (nSPS) is 10.3. The van der Waals surface area contributed by atoms with Crippen molar-refractivity contribution in [2.75, 3.05) is 10.6 Å². The predicted molar refractivity (Wildman–Crippen MR) is 93.0 cm³/mol. The maximum atomic E-state index is 13.6. The molecule has 0 atom stereocenters. The van der Waals surface area contributed by atoms with Crippen LogP contribution in [-0.2, 0) is 0 Å². The number of carbonyl (C=O) groups is 2. The van der Waals surface area contributed by atoms with Crippen LogP contribution in [0.2, 0.25) is 0 Å². The van der Waals surface area contributed by atoms with Gasteiger partial charge in [-0.05, 0) is 47.8 Å². The Kier molecular flexibility index (Phi) is 4.85. The number of nitrogens with one attached hydrogen (secondary N) is 2. The summed E-state index contributed by atoms with van der Waals surface area (Å²) in [6.07, 6.45) is 0. The molecule has 0 spiro atoms. The van der Waals surface area contributed by atoms with Gasteiger partial charge in [-0.3, -0.25) is 9.59 Å². The first-order valence-electron chi connectivity index (χ1n) is 7.24. The van der Waals surface area contributed by atoms with Gasteiger partial charge in [0.2, 0.25) is 0 Å². The largest absolute Gasteiger partial charge is 0.322 e. The molecule has 0 saturated heterocycles. The molecule has 25 heavy (non-hydrogen) atoms. The van der Waals surface area contributed by atoms with Crippen molar-refractivity contribution in [2.24, 2.45) is 0 Å². The first kappa shape index (κ1) is 16.8. The Hall–Kier alpha value is -3.06. The molecule has 0 aliphatic carbocycles. The lowest BCUT2D eigenvalue weighted by Crippen LogP contribution is -2.15. The number of carbonyl (C=O) groups excluding carboxylic acids is 2. The van der Waals surface area contributed by atoms with Crippen molar-refractivity contribution < 1.29 is 18.4 Å². The van der Waals surface area contributed by atoms with Gasteiger partial charge < -0.3 is 10.6 Å². The van der Waals surface area contributed by atoms with Gasteiger partial charge in [-0.15, -0.1) is 11.3 Å². The number of thiophene rings is 1. The van der Waals surface area contributed by atoms with E-state index in [9.17, 15) is 18.4 Å². The Bertz CT molecular complexity index is 927. The Morgan fingerprint density at radius 3 is 2.24 bits per heavy atom. The lowest BCUT2D eigenvalue weighted by molar-refractivity contribution is 0.101. The molecule has 1 aromatic heterocycles. The fraction of sp³-hybridized carbons (Fsp3) is 0. The Morgan fingerprint density at radius 2 is 1.56 bits per heavy atom. The molecule has 0 radical (unpaired) electrons. The SMILES string of the molecule is O=C(Nc1cccc(NC(=O)c2cc(F)ccc2F)c1)c1cccs1. The van der Waals surface area contributed by atoms with Crippen LogP contribution in [0.15, 0.2) is 60.0 Å².